The zero-order valence-electron chi connectivity index (χ0n) is 10.9. The highest BCUT2D eigenvalue weighted by molar-refractivity contribution is 4.75. The lowest BCUT2D eigenvalue weighted by atomic mass is 10.1. The molecule has 0 spiro atoms. The van der Waals surface area contributed by atoms with E-state index in [0.717, 1.165) is 17.8 Å². The van der Waals surface area contributed by atoms with Gasteiger partial charge in [-0.15, -0.1) is 0 Å². The second kappa shape index (κ2) is 6.49. The topological polar surface area (TPSA) is 15.3 Å². The average molecular weight is 212 g/mol. The van der Waals surface area contributed by atoms with Crippen molar-refractivity contribution in [2.24, 2.45) is 17.8 Å². The van der Waals surface area contributed by atoms with Gasteiger partial charge < -0.3 is 10.2 Å². The summed E-state index contributed by atoms with van der Waals surface area (Å²) < 4.78 is 0. The van der Waals surface area contributed by atoms with Crippen LogP contribution in [0.5, 0.6) is 0 Å². The fraction of sp³-hybridized carbons (Fsp3) is 1.00. The van der Waals surface area contributed by atoms with Crippen LogP contribution in [0, 0.1) is 17.8 Å². The first-order chi connectivity index (χ1) is 7.08. The number of hydrogen-bond acceptors (Lipinski definition) is 2. The highest BCUT2D eigenvalue weighted by Crippen LogP contribution is 2.12. The number of nitrogens with one attached hydrogen (secondary N) is 1. The van der Waals surface area contributed by atoms with Crippen LogP contribution in [0.25, 0.3) is 0 Å². The van der Waals surface area contributed by atoms with Gasteiger partial charge in [0.05, 0.1) is 0 Å². The van der Waals surface area contributed by atoms with Crippen LogP contribution in [0.1, 0.15) is 34.1 Å². The SMILES string of the molecule is CC(C)CN(CC(C)C)CC1CCNC1. The molecule has 0 radical (unpaired) electrons. The lowest BCUT2D eigenvalue weighted by Crippen LogP contribution is -2.36. The lowest BCUT2D eigenvalue weighted by Gasteiger charge is -2.28. The van der Waals surface area contributed by atoms with Gasteiger partial charge in [-0.3, -0.25) is 0 Å². The summed E-state index contributed by atoms with van der Waals surface area (Å²) in [5.74, 6) is 2.47. The van der Waals surface area contributed by atoms with Gasteiger partial charge in [0.25, 0.3) is 0 Å². The molecule has 0 aromatic carbocycles. The van der Waals surface area contributed by atoms with Crippen molar-refractivity contribution in [2.45, 2.75) is 34.1 Å². The van der Waals surface area contributed by atoms with Crippen LogP contribution < -0.4 is 5.32 Å². The average Bonchev–Trinajstić information content (AvgIpc) is 2.53. The van der Waals surface area contributed by atoms with Gasteiger partial charge in [0, 0.05) is 19.6 Å². The molecule has 1 aliphatic rings. The van der Waals surface area contributed by atoms with Gasteiger partial charge >= 0.3 is 0 Å². The van der Waals surface area contributed by atoms with Crippen molar-refractivity contribution in [2.75, 3.05) is 32.7 Å². The van der Waals surface area contributed by atoms with Gasteiger partial charge in [-0.05, 0) is 37.3 Å². The van der Waals surface area contributed by atoms with Crippen LogP contribution in [0.15, 0.2) is 0 Å². The Hall–Kier alpha value is -0.0800. The van der Waals surface area contributed by atoms with Crippen molar-refractivity contribution in [3.8, 4) is 0 Å². The van der Waals surface area contributed by atoms with E-state index in [1.165, 1.54) is 39.1 Å². The summed E-state index contributed by atoms with van der Waals surface area (Å²) in [6, 6.07) is 0. The van der Waals surface area contributed by atoms with Crippen molar-refractivity contribution in [1.82, 2.24) is 10.2 Å². The number of nitrogens with zero attached hydrogens (tertiary/aromatic N) is 1. The van der Waals surface area contributed by atoms with Crippen LogP contribution in [0.4, 0.5) is 0 Å². The molecule has 0 aromatic heterocycles. The van der Waals surface area contributed by atoms with Gasteiger partial charge in [0.15, 0.2) is 0 Å². The van der Waals surface area contributed by atoms with E-state index in [1.54, 1.807) is 0 Å². The largest absolute Gasteiger partial charge is 0.316 e. The monoisotopic (exact) mass is 212 g/mol. The van der Waals surface area contributed by atoms with Gasteiger partial charge in [-0.25, -0.2) is 0 Å². The predicted molar refractivity (Wildman–Crippen MR) is 67.1 cm³/mol. The second-order valence-electron chi connectivity index (χ2n) is 5.87. The summed E-state index contributed by atoms with van der Waals surface area (Å²) in [7, 11) is 0. The smallest absolute Gasteiger partial charge is 0.00225 e. The molecule has 1 aliphatic heterocycles. The van der Waals surface area contributed by atoms with Crippen LogP contribution in [-0.4, -0.2) is 37.6 Å². The Labute approximate surface area is 95.4 Å². The maximum atomic E-state index is 3.46. The molecule has 90 valence electrons. The Morgan fingerprint density at radius 1 is 1.13 bits per heavy atom. The lowest BCUT2D eigenvalue weighted by molar-refractivity contribution is 0.192. The first-order valence-corrected chi connectivity index (χ1v) is 6.51. The summed E-state index contributed by atoms with van der Waals surface area (Å²) in [6.07, 6.45) is 1.37. The van der Waals surface area contributed by atoms with Gasteiger partial charge in [-0.1, -0.05) is 27.7 Å². The van der Waals surface area contributed by atoms with Crippen LogP contribution >= 0.6 is 0 Å². The van der Waals surface area contributed by atoms with Crippen LogP contribution in [0.2, 0.25) is 0 Å². The third kappa shape index (κ3) is 5.53. The summed E-state index contributed by atoms with van der Waals surface area (Å²) in [6.45, 7) is 15.5. The zero-order chi connectivity index (χ0) is 11.3. The normalized spacial score (nSPS) is 22.2. The molecule has 1 saturated heterocycles. The second-order valence-corrected chi connectivity index (χ2v) is 5.87. The minimum absolute atomic E-state index is 0.790. The first kappa shape index (κ1) is 13.0. The molecule has 0 amide bonds. The molecule has 1 fully saturated rings. The number of rotatable bonds is 6. The van der Waals surface area contributed by atoms with Crippen molar-refractivity contribution in [3.63, 3.8) is 0 Å². The summed E-state index contributed by atoms with van der Waals surface area (Å²) in [5, 5.41) is 3.46. The summed E-state index contributed by atoms with van der Waals surface area (Å²) >= 11 is 0. The minimum Gasteiger partial charge on any atom is -0.316 e. The molecule has 1 N–H and O–H groups in total. The molecule has 15 heavy (non-hydrogen) atoms. The number of hydrogen-bond donors (Lipinski definition) is 1. The maximum Gasteiger partial charge on any atom is 0.00225 e. The summed E-state index contributed by atoms with van der Waals surface area (Å²) in [4.78, 5) is 2.66. The molecule has 0 aliphatic carbocycles. The van der Waals surface area contributed by atoms with Gasteiger partial charge in [-0.2, -0.15) is 0 Å². The molecule has 1 atom stereocenters. The Morgan fingerprint density at radius 2 is 1.73 bits per heavy atom. The third-order valence-corrected chi connectivity index (χ3v) is 2.93. The van der Waals surface area contributed by atoms with E-state index >= 15 is 0 Å². The van der Waals surface area contributed by atoms with E-state index < -0.39 is 0 Å². The Morgan fingerprint density at radius 3 is 2.13 bits per heavy atom. The Bertz CT molecular complexity index is 150. The van der Waals surface area contributed by atoms with Crippen molar-refractivity contribution < 1.29 is 0 Å². The molecule has 2 heteroatoms. The minimum atomic E-state index is 0.790. The van der Waals surface area contributed by atoms with Crippen LogP contribution in [0.3, 0.4) is 0 Å². The first-order valence-electron chi connectivity index (χ1n) is 6.51. The third-order valence-electron chi connectivity index (χ3n) is 2.93. The van der Waals surface area contributed by atoms with E-state index in [1.807, 2.05) is 0 Å². The molecule has 1 rings (SSSR count). The van der Waals surface area contributed by atoms with Crippen molar-refractivity contribution in [3.05, 3.63) is 0 Å². The van der Waals surface area contributed by atoms with Gasteiger partial charge in [0.1, 0.15) is 0 Å². The molecular formula is C13H28N2. The summed E-state index contributed by atoms with van der Waals surface area (Å²) in [5.41, 5.74) is 0. The highest BCUT2D eigenvalue weighted by atomic mass is 15.1. The molecule has 0 aromatic rings. The van der Waals surface area contributed by atoms with E-state index in [-0.39, 0.29) is 0 Å². The van der Waals surface area contributed by atoms with E-state index in [4.69, 9.17) is 0 Å². The van der Waals surface area contributed by atoms with Crippen molar-refractivity contribution >= 4 is 0 Å². The Kier molecular flexibility index (Phi) is 5.62. The molecule has 2 nitrogen and oxygen atoms in total. The van der Waals surface area contributed by atoms with E-state index in [2.05, 4.69) is 37.9 Å². The molecule has 0 saturated carbocycles. The quantitative estimate of drug-likeness (QED) is 0.726. The molecular weight excluding hydrogens is 184 g/mol. The van der Waals surface area contributed by atoms with E-state index in [9.17, 15) is 0 Å². The zero-order valence-corrected chi connectivity index (χ0v) is 10.9. The molecule has 0 bridgehead atoms. The maximum absolute atomic E-state index is 3.46. The standard InChI is InChI=1S/C13H28N2/c1-11(2)8-15(9-12(3)4)10-13-5-6-14-7-13/h11-14H,5-10H2,1-4H3. The van der Waals surface area contributed by atoms with Gasteiger partial charge in [0.2, 0.25) is 0 Å². The van der Waals surface area contributed by atoms with E-state index in [0.29, 0.717) is 0 Å². The fourth-order valence-corrected chi connectivity index (χ4v) is 2.49. The Balaban J connectivity index is 2.32. The fourth-order valence-electron chi connectivity index (χ4n) is 2.49. The predicted octanol–water partition coefficient (Wildman–Crippen LogP) is 2.21. The molecule has 1 unspecified atom stereocenters. The molecule has 1 heterocycles. The van der Waals surface area contributed by atoms with Crippen LogP contribution in [-0.2, 0) is 0 Å². The highest BCUT2D eigenvalue weighted by Gasteiger charge is 2.19. The van der Waals surface area contributed by atoms with Crippen molar-refractivity contribution in [1.29, 1.82) is 0 Å².